The summed E-state index contributed by atoms with van der Waals surface area (Å²) >= 11 is 24.4. The van der Waals surface area contributed by atoms with Gasteiger partial charge in [-0.3, -0.25) is 14.9 Å². The van der Waals surface area contributed by atoms with E-state index in [9.17, 15) is 33.3 Å². The molecule has 0 aliphatic heterocycles. The third-order valence-electron chi connectivity index (χ3n) is 5.07. The van der Waals surface area contributed by atoms with Gasteiger partial charge in [0.25, 0.3) is 5.60 Å². The first-order chi connectivity index (χ1) is 17.8. The van der Waals surface area contributed by atoms with Crippen molar-refractivity contribution < 1.29 is 32.4 Å². The summed E-state index contributed by atoms with van der Waals surface area (Å²) in [6.07, 6.45) is -4.64. The van der Waals surface area contributed by atoms with Gasteiger partial charge >= 0.3 is 11.9 Å². The summed E-state index contributed by atoms with van der Waals surface area (Å²) in [6.45, 7) is -0.666. The Kier molecular flexibility index (Phi) is 9.00. The number of hydrogen-bond donors (Lipinski definition) is 0. The highest BCUT2D eigenvalue weighted by Gasteiger charge is 2.49. The normalized spacial score (nSPS) is 13.6. The average Bonchev–Trinajstić information content (AvgIpc) is 2.85. The number of ether oxygens (including phenoxy) is 2. The van der Waals surface area contributed by atoms with E-state index >= 15 is 0 Å². The molecule has 0 heterocycles. The van der Waals surface area contributed by atoms with Gasteiger partial charge in [0.15, 0.2) is 5.75 Å². The third-order valence-corrected chi connectivity index (χ3v) is 6.24. The van der Waals surface area contributed by atoms with E-state index in [4.69, 9.17) is 55.9 Å². The predicted octanol–water partition coefficient (Wildman–Crippen LogP) is 7.63. The maximum absolute atomic E-state index is 13.6. The lowest BCUT2D eigenvalue weighted by molar-refractivity contribution is -0.386. The zero-order chi connectivity index (χ0) is 28.3. The van der Waals surface area contributed by atoms with E-state index in [1.54, 1.807) is 6.07 Å². The maximum atomic E-state index is 13.6. The number of carbonyl (C=O) groups is 1. The Morgan fingerprint density at radius 3 is 2.29 bits per heavy atom. The molecule has 198 valence electrons. The first-order valence-corrected chi connectivity index (χ1v) is 11.8. The summed E-state index contributed by atoms with van der Waals surface area (Å²) in [7, 11) is 0. The lowest BCUT2D eigenvalue weighted by atomic mass is 9.88. The number of hydrogen-bond acceptors (Lipinski definition) is 6. The molecule has 2 atom stereocenters. The monoisotopic (exact) mass is 606 g/mol. The number of rotatable bonds is 9. The number of benzene rings is 3. The number of halogens is 7. The van der Waals surface area contributed by atoms with Crippen LogP contribution in [0.5, 0.6) is 11.5 Å². The maximum Gasteiger partial charge on any atom is 0.416 e. The van der Waals surface area contributed by atoms with E-state index in [2.05, 4.69) is 0 Å². The molecule has 38 heavy (non-hydrogen) atoms. The van der Waals surface area contributed by atoms with Crippen molar-refractivity contribution in [1.82, 2.24) is 0 Å². The number of nitriles is 1. The number of para-hydroxylation sites is 2. The van der Waals surface area contributed by atoms with Gasteiger partial charge in [0.05, 0.1) is 20.5 Å². The Morgan fingerprint density at radius 2 is 1.71 bits per heavy atom. The lowest BCUT2D eigenvalue weighted by Gasteiger charge is -2.29. The van der Waals surface area contributed by atoms with Crippen LogP contribution < -0.4 is 9.47 Å². The SMILES string of the molecule is N#CC(Oc1ccccc1[N+](=O)[O-])(C(=O)C(Cl)COc1ccc(C(F)(F)F)cc1Cl)c1ccc(Cl)cc1Cl. The van der Waals surface area contributed by atoms with E-state index in [-0.39, 0.29) is 21.4 Å². The second-order valence-electron chi connectivity index (χ2n) is 7.53. The van der Waals surface area contributed by atoms with Crippen LogP contribution in [-0.4, -0.2) is 22.7 Å². The van der Waals surface area contributed by atoms with Crippen LogP contribution in [0.25, 0.3) is 0 Å². The second kappa shape index (κ2) is 11.7. The largest absolute Gasteiger partial charge is 0.490 e. The molecule has 0 amide bonds. The summed E-state index contributed by atoms with van der Waals surface area (Å²) in [6, 6.07) is 12.8. The fraction of sp³-hybridized carbons (Fsp3) is 0.167. The number of Topliss-reactive ketones (excluding diaryl/α,β-unsaturated/α-hetero) is 1. The van der Waals surface area contributed by atoms with Crippen molar-refractivity contribution in [2.24, 2.45) is 0 Å². The number of nitro groups is 1. The van der Waals surface area contributed by atoms with E-state index in [1.807, 2.05) is 0 Å². The summed E-state index contributed by atoms with van der Waals surface area (Å²) in [5.74, 6) is -1.79. The Balaban J connectivity index is 2.00. The van der Waals surface area contributed by atoms with Gasteiger partial charge in [0.2, 0.25) is 5.78 Å². The summed E-state index contributed by atoms with van der Waals surface area (Å²) < 4.78 is 49.7. The van der Waals surface area contributed by atoms with Gasteiger partial charge in [-0.15, -0.1) is 11.6 Å². The van der Waals surface area contributed by atoms with Crippen LogP contribution in [0, 0.1) is 21.4 Å². The molecular weight excluding hydrogens is 595 g/mol. The second-order valence-corrected chi connectivity index (χ2v) is 9.31. The lowest BCUT2D eigenvalue weighted by Crippen LogP contribution is -2.46. The van der Waals surface area contributed by atoms with Crippen LogP contribution >= 0.6 is 46.4 Å². The fourth-order valence-corrected chi connectivity index (χ4v) is 4.26. The Morgan fingerprint density at radius 1 is 1.03 bits per heavy atom. The summed E-state index contributed by atoms with van der Waals surface area (Å²) in [5.41, 5.74) is -4.41. The molecule has 3 aromatic rings. The molecule has 14 heteroatoms. The van der Waals surface area contributed by atoms with Gasteiger partial charge in [-0.05, 0) is 36.4 Å². The molecule has 0 fully saturated rings. The van der Waals surface area contributed by atoms with Gasteiger partial charge in [0, 0.05) is 16.7 Å². The van der Waals surface area contributed by atoms with Crippen LogP contribution in [0.15, 0.2) is 60.7 Å². The van der Waals surface area contributed by atoms with Gasteiger partial charge in [-0.25, -0.2) is 0 Å². The molecule has 0 N–H and O–H groups in total. The highest BCUT2D eigenvalue weighted by Crippen LogP contribution is 2.40. The molecule has 3 rings (SSSR count). The minimum Gasteiger partial charge on any atom is -0.490 e. The quantitative estimate of drug-likeness (QED) is 0.141. The molecule has 0 aliphatic rings. The number of alkyl halides is 4. The first-order valence-electron chi connectivity index (χ1n) is 10.3. The average molecular weight is 608 g/mol. The highest BCUT2D eigenvalue weighted by molar-refractivity contribution is 6.36. The molecule has 0 aliphatic carbocycles. The van der Waals surface area contributed by atoms with Crippen LogP contribution in [0.3, 0.4) is 0 Å². The van der Waals surface area contributed by atoms with Gasteiger partial charge in [0.1, 0.15) is 23.8 Å². The Bertz CT molecular complexity index is 1430. The molecule has 0 aromatic heterocycles. The van der Waals surface area contributed by atoms with Crippen molar-refractivity contribution in [1.29, 1.82) is 5.26 Å². The van der Waals surface area contributed by atoms with Gasteiger partial charge in [-0.1, -0.05) is 53.0 Å². The van der Waals surface area contributed by atoms with Crippen LogP contribution in [0.2, 0.25) is 15.1 Å². The molecule has 0 spiro atoms. The minimum absolute atomic E-state index is 0.159. The molecule has 3 aromatic carbocycles. The minimum atomic E-state index is -4.64. The molecule has 0 saturated heterocycles. The van der Waals surface area contributed by atoms with Gasteiger partial charge in [-0.2, -0.15) is 18.4 Å². The fourth-order valence-electron chi connectivity index (χ4n) is 3.26. The van der Waals surface area contributed by atoms with Crippen molar-refractivity contribution >= 4 is 57.9 Å². The number of nitro benzene ring substituents is 1. The van der Waals surface area contributed by atoms with Crippen molar-refractivity contribution in [3.63, 3.8) is 0 Å². The van der Waals surface area contributed by atoms with E-state index in [0.29, 0.717) is 6.07 Å². The first kappa shape index (κ1) is 29.3. The van der Waals surface area contributed by atoms with E-state index < -0.39 is 56.5 Å². The number of ketones is 1. The predicted molar refractivity (Wildman–Crippen MR) is 134 cm³/mol. The van der Waals surface area contributed by atoms with Crippen molar-refractivity contribution in [3.8, 4) is 17.6 Å². The molecule has 2 unspecified atom stereocenters. The summed E-state index contributed by atoms with van der Waals surface area (Å²) in [5, 5.41) is 19.6. The number of carbonyl (C=O) groups excluding carboxylic acids is 1. The molecule has 0 saturated carbocycles. The van der Waals surface area contributed by atoms with Crippen molar-refractivity contribution in [2.45, 2.75) is 17.2 Å². The zero-order valence-electron chi connectivity index (χ0n) is 18.6. The van der Waals surface area contributed by atoms with E-state index in [0.717, 1.165) is 18.2 Å². The molecule has 0 bridgehead atoms. The Labute approximate surface area is 233 Å². The van der Waals surface area contributed by atoms with Crippen LogP contribution in [0.1, 0.15) is 11.1 Å². The van der Waals surface area contributed by atoms with Crippen LogP contribution in [-0.2, 0) is 16.6 Å². The van der Waals surface area contributed by atoms with E-state index in [1.165, 1.54) is 36.4 Å². The molecule has 0 radical (unpaired) electrons. The van der Waals surface area contributed by atoms with Crippen LogP contribution in [0.4, 0.5) is 18.9 Å². The van der Waals surface area contributed by atoms with Crippen molar-refractivity contribution in [2.75, 3.05) is 6.61 Å². The van der Waals surface area contributed by atoms with Crippen molar-refractivity contribution in [3.05, 3.63) is 97.0 Å². The zero-order valence-corrected chi connectivity index (χ0v) is 21.7. The standard InChI is InChI=1S/C24H13Cl4F3N2O5/c25-14-6-7-15(16(26)10-14)23(12-32,38-21-4-2-1-3-19(21)33(35)36)22(34)18(28)11-37-20-8-5-13(9-17(20)27)24(29,30)31/h1-10,18H,11H2. The Hall–Kier alpha value is -3.23. The third kappa shape index (κ3) is 6.25. The highest BCUT2D eigenvalue weighted by atomic mass is 35.5. The topological polar surface area (TPSA) is 102 Å². The van der Waals surface area contributed by atoms with Gasteiger partial charge < -0.3 is 9.47 Å². The molecular formula is C24H13Cl4F3N2O5. The molecule has 7 nitrogen and oxygen atoms in total. The summed E-state index contributed by atoms with van der Waals surface area (Å²) in [4.78, 5) is 24.3. The smallest absolute Gasteiger partial charge is 0.416 e. The number of nitrogens with zero attached hydrogens (tertiary/aromatic N) is 2.